The lowest BCUT2D eigenvalue weighted by Crippen LogP contribution is -2.47. The van der Waals surface area contributed by atoms with Crippen molar-refractivity contribution in [2.75, 3.05) is 20.3 Å². The van der Waals surface area contributed by atoms with Crippen molar-refractivity contribution in [2.45, 2.75) is 57.3 Å². The van der Waals surface area contributed by atoms with E-state index in [0.717, 1.165) is 42.6 Å². The van der Waals surface area contributed by atoms with Crippen LogP contribution in [0.2, 0.25) is 0 Å². The molecule has 144 valence electrons. The van der Waals surface area contributed by atoms with Crippen molar-refractivity contribution >= 4 is 10.9 Å². The molecular weight excluding hydrogens is 338 g/mol. The van der Waals surface area contributed by atoms with Gasteiger partial charge in [-0.2, -0.15) is 5.10 Å². The van der Waals surface area contributed by atoms with Crippen LogP contribution in [0.1, 0.15) is 32.6 Å². The number of fused-ring (bicyclic) bond motifs is 3. The summed E-state index contributed by atoms with van der Waals surface area (Å²) in [7, 11) is 1.71. The minimum absolute atomic E-state index is 0.340. The second-order valence-corrected chi connectivity index (χ2v) is 8.05. The van der Waals surface area contributed by atoms with Gasteiger partial charge in [-0.1, -0.05) is 12.8 Å². The molecule has 2 saturated heterocycles. The lowest BCUT2D eigenvalue weighted by molar-refractivity contribution is -0.0117. The van der Waals surface area contributed by atoms with E-state index >= 15 is 0 Å². The molecule has 2 aliphatic heterocycles. The molecule has 3 heterocycles. The summed E-state index contributed by atoms with van der Waals surface area (Å²) in [5, 5.41) is 5.77. The van der Waals surface area contributed by atoms with E-state index in [2.05, 4.69) is 39.7 Å². The van der Waals surface area contributed by atoms with Crippen LogP contribution in [0.5, 0.6) is 5.75 Å². The molecule has 5 nitrogen and oxygen atoms in total. The number of terminal acetylenes is 1. The molecule has 27 heavy (non-hydrogen) atoms. The van der Waals surface area contributed by atoms with E-state index in [1.165, 1.54) is 12.8 Å². The Labute approximate surface area is 161 Å². The van der Waals surface area contributed by atoms with E-state index < -0.39 is 0 Å². The molecule has 0 radical (unpaired) electrons. The van der Waals surface area contributed by atoms with E-state index in [-0.39, 0.29) is 0 Å². The van der Waals surface area contributed by atoms with Crippen LogP contribution < -0.4 is 4.74 Å². The molecule has 0 aliphatic carbocycles. The maximum Gasteiger partial charge on any atom is 0.121 e. The fourth-order valence-electron chi connectivity index (χ4n) is 4.86. The van der Waals surface area contributed by atoms with Gasteiger partial charge < -0.3 is 9.47 Å². The summed E-state index contributed by atoms with van der Waals surface area (Å²) in [4.78, 5) is 2.71. The van der Waals surface area contributed by atoms with Gasteiger partial charge in [0.05, 0.1) is 24.9 Å². The van der Waals surface area contributed by atoms with Crippen LogP contribution in [0.4, 0.5) is 0 Å². The summed E-state index contributed by atoms with van der Waals surface area (Å²) in [6, 6.07) is 7.42. The lowest BCUT2D eigenvalue weighted by Gasteiger charge is -2.40. The molecule has 2 fully saturated rings. The van der Waals surface area contributed by atoms with Crippen molar-refractivity contribution in [3.8, 4) is 18.1 Å². The summed E-state index contributed by atoms with van der Waals surface area (Å²) in [5.74, 6) is 4.01. The first-order valence-corrected chi connectivity index (χ1v) is 9.98. The van der Waals surface area contributed by atoms with Crippen molar-refractivity contribution in [2.24, 2.45) is 5.92 Å². The van der Waals surface area contributed by atoms with Gasteiger partial charge in [-0.25, -0.2) is 0 Å². The van der Waals surface area contributed by atoms with E-state index in [4.69, 9.17) is 15.9 Å². The van der Waals surface area contributed by atoms with E-state index in [1.54, 1.807) is 7.11 Å². The molecule has 4 atom stereocenters. The molecule has 5 heteroatoms. The van der Waals surface area contributed by atoms with Gasteiger partial charge in [0.15, 0.2) is 0 Å². The van der Waals surface area contributed by atoms with Crippen LogP contribution in [-0.2, 0) is 11.3 Å². The predicted molar refractivity (Wildman–Crippen MR) is 107 cm³/mol. The number of ether oxygens (including phenoxy) is 2. The Morgan fingerprint density at radius 2 is 2.04 bits per heavy atom. The zero-order chi connectivity index (χ0) is 18.8. The molecule has 0 N–H and O–H groups in total. The monoisotopic (exact) mass is 367 g/mol. The standard InChI is InChI=1S/C22H29N3O2/c1-4-9-27-21-10-18-6-7-19(11-21)24(18)14-16(2)15-25-22-12-20(26-3)8-5-17(22)13-23-25/h1,5,8,12-13,16,18-19,21H,6-7,9-11,14-15H2,2-3H3/t16-,18-,19+,21+/m1/s1. The molecular formula is C22H29N3O2. The summed E-state index contributed by atoms with van der Waals surface area (Å²) in [6.07, 6.45) is 12.4. The average Bonchev–Trinajstić information content (AvgIpc) is 3.16. The molecule has 2 bridgehead atoms. The van der Waals surface area contributed by atoms with Crippen LogP contribution >= 0.6 is 0 Å². The smallest absolute Gasteiger partial charge is 0.121 e. The van der Waals surface area contributed by atoms with Gasteiger partial charge in [0.25, 0.3) is 0 Å². The van der Waals surface area contributed by atoms with Crippen LogP contribution in [0, 0.1) is 18.3 Å². The first-order valence-electron chi connectivity index (χ1n) is 9.98. The second kappa shape index (κ2) is 7.92. The van der Waals surface area contributed by atoms with Crippen molar-refractivity contribution < 1.29 is 9.47 Å². The third kappa shape index (κ3) is 3.83. The molecule has 1 aromatic carbocycles. The molecule has 2 aliphatic rings. The molecule has 2 aromatic rings. The van der Waals surface area contributed by atoms with Gasteiger partial charge in [0.2, 0.25) is 0 Å². The fourth-order valence-corrected chi connectivity index (χ4v) is 4.86. The molecule has 0 unspecified atom stereocenters. The molecule has 0 saturated carbocycles. The molecule has 0 spiro atoms. The highest BCUT2D eigenvalue weighted by molar-refractivity contribution is 5.80. The Hall–Kier alpha value is -2.03. The van der Waals surface area contributed by atoms with Crippen molar-refractivity contribution in [3.63, 3.8) is 0 Å². The third-order valence-electron chi connectivity index (χ3n) is 6.10. The SMILES string of the molecule is C#CCO[C@H]1C[C@H]2CC[C@@H](C1)N2C[C@@H](C)Cn1ncc2ccc(OC)cc21. The summed E-state index contributed by atoms with van der Waals surface area (Å²) >= 11 is 0. The minimum Gasteiger partial charge on any atom is -0.497 e. The maximum atomic E-state index is 5.83. The number of benzene rings is 1. The van der Waals surface area contributed by atoms with Crippen LogP contribution in [0.15, 0.2) is 24.4 Å². The number of nitrogens with zero attached hydrogens (tertiary/aromatic N) is 3. The number of aromatic nitrogens is 2. The first-order chi connectivity index (χ1) is 13.2. The summed E-state index contributed by atoms with van der Waals surface area (Å²) < 4.78 is 13.3. The van der Waals surface area contributed by atoms with Gasteiger partial charge in [0, 0.05) is 36.6 Å². The highest BCUT2D eigenvalue weighted by Gasteiger charge is 2.41. The number of piperidine rings is 1. The highest BCUT2D eigenvalue weighted by Crippen LogP contribution is 2.37. The second-order valence-electron chi connectivity index (χ2n) is 8.05. The number of hydrogen-bond acceptors (Lipinski definition) is 4. The van der Waals surface area contributed by atoms with Gasteiger partial charge in [0.1, 0.15) is 12.4 Å². The van der Waals surface area contributed by atoms with E-state index in [1.807, 2.05) is 12.3 Å². The molecule has 1 aromatic heterocycles. The van der Waals surface area contributed by atoms with Gasteiger partial charge in [-0.15, -0.1) is 6.42 Å². The summed E-state index contributed by atoms with van der Waals surface area (Å²) in [6.45, 7) is 4.80. The molecule has 0 amide bonds. The number of hydrogen-bond donors (Lipinski definition) is 0. The normalized spacial score (nSPS) is 26.2. The fraction of sp³-hybridized carbons (Fsp3) is 0.591. The Kier molecular flexibility index (Phi) is 5.38. The van der Waals surface area contributed by atoms with Crippen LogP contribution in [0.25, 0.3) is 10.9 Å². The predicted octanol–water partition coefficient (Wildman–Crippen LogP) is 3.33. The largest absolute Gasteiger partial charge is 0.497 e. The van der Waals surface area contributed by atoms with E-state index in [0.29, 0.717) is 30.7 Å². The Bertz CT molecular complexity index is 811. The average molecular weight is 367 g/mol. The zero-order valence-electron chi connectivity index (χ0n) is 16.3. The van der Waals surface area contributed by atoms with Crippen molar-refractivity contribution in [1.29, 1.82) is 0 Å². The van der Waals surface area contributed by atoms with Crippen molar-refractivity contribution in [1.82, 2.24) is 14.7 Å². The first kappa shape index (κ1) is 18.3. The Balaban J connectivity index is 1.39. The minimum atomic E-state index is 0.340. The van der Waals surface area contributed by atoms with E-state index in [9.17, 15) is 0 Å². The Morgan fingerprint density at radius 1 is 1.26 bits per heavy atom. The molecule has 4 rings (SSSR count). The van der Waals surface area contributed by atoms with Gasteiger partial charge in [-0.3, -0.25) is 9.58 Å². The third-order valence-corrected chi connectivity index (χ3v) is 6.10. The summed E-state index contributed by atoms with van der Waals surface area (Å²) in [5.41, 5.74) is 1.14. The van der Waals surface area contributed by atoms with Crippen LogP contribution in [-0.4, -0.2) is 53.1 Å². The quantitative estimate of drug-likeness (QED) is 0.704. The maximum absolute atomic E-state index is 5.83. The lowest BCUT2D eigenvalue weighted by atomic mass is 9.98. The van der Waals surface area contributed by atoms with Gasteiger partial charge >= 0.3 is 0 Å². The Morgan fingerprint density at radius 3 is 2.74 bits per heavy atom. The van der Waals surface area contributed by atoms with Gasteiger partial charge in [-0.05, 0) is 43.7 Å². The number of methoxy groups -OCH3 is 1. The van der Waals surface area contributed by atoms with Crippen molar-refractivity contribution in [3.05, 3.63) is 24.4 Å². The number of rotatable bonds is 7. The zero-order valence-corrected chi connectivity index (χ0v) is 16.3. The van der Waals surface area contributed by atoms with Crippen LogP contribution in [0.3, 0.4) is 0 Å². The highest BCUT2D eigenvalue weighted by atomic mass is 16.5. The topological polar surface area (TPSA) is 39.5 Å².